The monoisotopic (exact) mass is 457 g/mol. The number of hydrogen-bond acceptors (Lipinski definition) is 4. The van der Waals surface area contributed by atoms with Crippen LogP contribution in [-0.2, 0) is 28.8 Å². The second-order valence-electron chi connectivity index (χ2n) is 9.85. The smallest absolute Gasteiger partial charge is 0.303 e. The van der Waals surface area contributed by atoms with Crippen LogP contribution in [0.2, 0.25) is 0 Å². The number of aliphatic hydroxyl groups excluding tert-OH is 1. The largest absolute Gasteiger partial charge is 0.481 e. The van der Waals surface area contributed by atoms with Gasteiger partial charge in [-0.1, -0.05) is 36.4 Å². The van der Waals surface area contributed by atoms with Crippen molar-refractivity contribution in [2.24, 2.45) is 5.92 Å². The third-order valence-corrected chi connectivity index (χ3v) is 6.45. The van der Waals surface area contributed by atoms with Gasteiger partial charge < -0.3 is 20.3 Å². The Hall–Kier alpha value is -2.28. The molecule has 0 spiro atoms. The van der Waals surface area contributed by atoms with E-state index in [0.717, 1.165) is 19.3 Å². The lowest BCUT2D eigenvalue weighted by Crippen LogP contribution is -2.45. The number of halogens is 1. The summed E-state index contributed by atoms with van der Waals surface area (Å²) in [5.74, 6) is -0.760. The van der Waals surface area contributed by atoms with Gasteiger partial charge in [-0.25, -0.2) is 4.39 Å². The first-order valence-electron chi connectivity index (χ1n) is 11.7. The fourth-order valence-corrected chi connectivity index (χ4v) is 4.88. The summed E-state index contributed by atoms with van der Waals surface area (Å²) in [4.78, 5) is 10.9. The molecule has 1 aliphatic rings. The Morgan fingerprint density at radius 3 is 2.48 bits per heavy atom. The van der Waals surface area contributed by atoms with Crippen molar-refractivity contribution in [1.82, 2.24) is 5.32 Å². The van der Waals surface area contributed by atoms with Crippen molar-refractivity contribution in [2.45, 2.75) is 70.6 Å². The highest BCUT2D eigenvalue weighted by Crippen LogP contribution is 2.32. The van der Waals surface area contributed by atoms with E-state index in [9.17, 15) is 14.3 Å². The number of β-amino-alcohol motifs (C(OH)–C–C–N with tert-alkyl or cyclic N) is 1. The van der Waals surface area contributed by atoms with Crippen LogP contribution in [-0.4, -0.2) is 41.0 Å². The molecule has 2 aromatic carbocycles. The van der Waals surface area contributed by atoms with Crippen LogP contribution in [0.3, 0.4) is 0 Å². The number of carboxylic acid groups (broad SMARTS) is 1. The highest BCUT2D eigenvalue weighted by atomic mass is 19.1. The average molecular weight is 458 g/mol. The van der Waals surface area contributed by atoms with E-state index in [1.807, 2.05) is 0 Å². The summed E-state index contributed by atoms with van der Waals surface area (Å²) in [6, 6.07) is 13.3. The van der Waals surface area contributed by atoms with Crippen molar-refractivity contribution in [3.8, 4) is 0 Å². The number of hydrogen-bond donors (Lipinski definition) is 3. The summed E-state index contributed by atoms with van der Waals surface area (Å²) in [6.45, 7) is 6.47. The molecule has 0 saturated carbocycles. The standard InChI is InChI=1S/C27H36FNO4/c1-18(26-20(11-12-25(31)32)9-6-10-24(26)28)33-17-23(30)16-29-27(2,3)15-19-13-21-7-4-5-8-22(21)14-19/h4-10,18-19,23,29-30H,11-17H2,1-3H3,(H,31,32)/t18-,23-/m1/s1. The number of aliphatic carboxylic acids is 1. The molecule has 0 fully saturated rings. The van der Waals surface area contributed by atoms with Gasteiger partial charge in [-0.2, -0.15) is 0 Å². The van der Waals surface area contributed by atoms with Gasteiger partial charge in [-0.05, 0) is 75.1 Å². The number of aryl methyl sites for hydroxylation is 1. The molecule has 180 valence electrons. The molecule has 3 rings (SSSR count). The minimum Gasteiger partial charge on any atom is -0.481 e. The van der Waals surface area contributed by atoms with E-state index in [1.165, 1.54) is 17.2 Å². The topological polar surface area (TPSA) is 78.8 Å². The van der Waals surface area contributed by atoms with Crippen LogP contribution in [0.25, 0.3) is 0 Å². The number of fused-ring (bicyclic) bond motifs is 1. The van der Waals surface area contributed by atoms with Crippen LogP contribution in [0.1, 0.15) is 62.0 Å². The summed E-state index contributed by atoms with van der Waals surface area (Å²) < 4.78 is 20.2. The van der Waals surface area contributed by atoms with E-state index in [4.69, 9.17) is 9.84 Å². The maximum absolute atomic E-state index is 14.4. The van der Waals surface area contributed by atoms with Crippen molar-refractivity contribution < 1.29 is 24.1 Å². The van der Waals surface area contributed by atoms with Gasteiger partial charge in [0.25, 0.3) is 0 Å². The molecule has 0 unspecified atom stereocenters. The molecule has 6 heteroatoms. The Morgan fingerprint density at radius 2 is 1.85 bits per heavy atom. The molecular weight excluding hydrogens is 421 g/mol. The predicted octanol–water partition coefficient (Wildman–Crippen LogP) is 4.45. The van der Waals surface area contributed by atoms with Gasteiger partial charge in [0, 0.05) is 24.1 Å². The normalized spacial score (nSPS) is 15.9. The Bertz CT molecular complexity index is 920. The molecule has 0 radical (unpaired) electrons. The third-order valence-electron chi connectivity index (χ3n) is 6.45. The van der Waals surface area contributed by atoms with Gasteiger partial charge in [-0.3, -0.25) is 4.79 Å². The first-order valence-corrected chi connectivity index (χ1v) is 11.7. The maximum Gasteiger partial charge on any atom is 0.303 e. The summed E-state index contributed by atoms with van der Waals surface area (Å²) >= 11 is 0. The Kier molecular flexibility index (Phi) is 8.63. The number of aliphatic hydroxyl groups is 1. The molecular formula is C27H36FNO4. The number of rotatable bonds is 12. The van der Waals surface area contributed by atoms with E-state index in [-0.39, 0.29) is 25.0 Å². The molecule has 0 aromatic heterocycles. The fourth-order valence-electron chi connectivity index (χ4n) is 4.88. The zero-order valence-corrected chi connectivity index (χ0v) is 19.8. The molecule has 0 bridgehead atoms. The van der Waals surface area contributed by atoms with E-state index < -0.39 is 24.0 Å². The average Bonchev–Trinajstić information content (AvgIpc) is 3.16. The van der Waals surface area contributed by atoms with Gasteiger partial charge >= 0.3 is 5.97 Å². The highest BCUT2D eigenvalue weighted by Gasteiger charge is 2.28. The lowest BCUT2D eigenvalue weighted by atomic mass is 9.88. The second-order valence-corrected chi connectivity index (χ2v) is 9.85. The molecule has 3 N–H and O–H groups in total. The third kappa shape index (κ3) is 7.36. The van der Waals surface area contributed by atoms with Crippen LogP contribution in [0.15, 0.2) is 42.5 Å². The lowest BCUT2D eigenvalue weighted by Gasteiger charge is -2.31. The second kappa shape index (κ2) is 11.2. The summed E-state index contributed by atoms with van der Waals surface area (Å²) in [5.41, 5.74) is 3.74. The number of carbonyl (C=O) groups is 1. The molecule has 0 aliphatic heterocycles. The van der Waals surface area contributed by atoms with Gasteiger partial charge in [0.05, 0.1) is 18.8 Å². The van der Waals surface area contributed by atoms with Crippen molar-refractivity contribution in [1.29, 1.82) is 0 Å². The molecule has 0 saturated heterocycles. The van der Waals surface area contributed by atoms with Crippen LogP contribution < -0.4 is 5.32 Å². The Balaban J connectivity index is 1.46. The molecule has 5 nitrogen and oxygen atoms in total. The molecule has 2 aromatic rings. The number of benzene rings is 2. The predicted molar refractivity (Wildman–Crippen MR) is 127 cm³/mol. The van der Waals surface area contributed by atoms with E-state index in [2.05, 4.69) is 43.4 Å². The Morgan fingerprint density at radius 1 is 1.18 bits per heavy atom. The summed E-state index contributed by atoms with van der Waals surface area (Å²) in [6.07, 6.45) is 2.04. The minimum absolute atomic E-state index is 0.0613. The van der Waals surface area contributed by atoms with Crippen LogP contribution in [0.5, 0.6) is 0 Å². The van der Waals surface area contributed by atoms with Crippen molar-refractivity contribution in [2.75, 3.05) is 13.2 Å². The van der Waals surface area contributed by atoms with Gasteiger partial charge in [0.15, 0.2) is 0 Å². The van der Waals surface area contributed by atoms with Crippen molar-refractivity contribution in [3.05, 3.63) is 70.5 Å². The number of carboxylic acids is 1. The molecule has 0 heterocycles. The summed E-state index contributed by atoms with van der Waals surface area (Å²) in [7, 11) is 0. The first-order chi connectivity index (χ1) is 15.6. The van der Waals surface area contributed by atoms with E-state index in [1.54, 1.807) is 19.1 Å². The zero-order valence-electron chi connectivity index (χ0n) is 19.8. The molecule has 33 heavy (non-hydrogen) atoms. The molecule has 2 atom stereocenters. The lowest BCUT2D eigenvalue weighted by molar-refractivity contribution is -0.136. The van der Waals surface area contributed by atoms with Crippen molar-refractivity contribution in [3.63, 3.8) is 0 Å². The van der Waals surface area contributed by atoms with Crippen LogP contribution >= 0.6 is 0 Å². The van der Waals surface area contributed by atoms with E-state index >= 15 is 0 Å². The fraction of sp³-hybridized carbons (Fsp3) is 0.519. The molecule has 1 aliphatic carbocycles. The zero-order chi connectivity index (χ0) is 24.0. The Labute approximate surface area is 196 Å². The summed E-state index contributed by atoms with van der Waals surface area (Å²) in [5, 5.41) is 22.9. The van der Waals surface area contributed by atoms with Gasteiger partial charge in [-0.15, -0.1) is 0 Å². The molecule has 0 amide bonds. The highest BCUT2D eigenvalue weighted by molar-refractivity contribution is 5.67. The van der Waals surface area contributed by atoms with E-state index in [0.29, 0.717) is 23.6 Å². The van der Waals surface area contributed by atoms with Crippen LogP contribution in [0.4, 0.5) is 4.39 Å². The van der Waals surface area contributed by atoms with Crippen molar-refractivity contribution >= 4 is 5.97 Å². The van der Waals surface area contributed by atoms with Gasteiger partial charge in [0.2, 0.25) is 0 Å². The number of ether oxygens (including phenoxy) is 1. The minimum atomic E-state index is -0.927. The first kappa shape index (κ1) is 25.3. The SMILES string of the molecule is C[C@@H](OC[C@H](O)CNC(C)(C)CC1Cc2ccccc2C1)c1c(F)cccc1CCC(=O)O. The van der Waals surface area contributed by atoms with Gasteiger partial charge in [0.1, 0.15) is 5.82 Å². The quantitative estimate of drug-likeness (QED) is 0.439. The van der Waals surface area contributed by atoms with Crippen LogP contribution in [0, 0.1) is 11.7 Å². The maximum atomic E-state index is 14.4. The number of nitrogens with one attached hydrogen (secondary N) is 1.